The van der Waals surface area contributed by atoms with Crippen LogP contribution in [0.25, 0.3) is 11.0 Å². The number of hydrogen-bond acceptors (Lipinski definition) is 21. The molecule has 1 saturated carbocycles. The Morgan fingerprint density at radius 2 is 1.41 bits per heavy atom. The third-order valence-corrected chi connectivity index (χ3v) is 13.6. The number of pyridine rings is 2. The lowest BCUT2D eigenvalue weighted by molar-refractivity contribution is -0.380. The van der Waals surface area contributed by atoms with Crippen LogP contribution in [0.5, 0.6) is 0 Å². The van der Waals surface area contributed by atoms with E-state index in [0.29, 0.717) is 133 Å². The molecule has 2 fully saturated rings. The Morgan fingerprint density at radius 3 is 1.99 bits per heavy atom. The van der Waals surface area contributed by atoms with E-state index in [2.05, 4.69) is 46.0 Å². The first kappa shape index (κ1) is 57.1. The molecule has 7 rings (SSSR count). The monoisotopic (exact) mass is 1070 g/mol. The van der Waals surface area contributed by atoms with Crippen molar-refractivity contribution in [2.24, 2.45) is 0 Å². The van der Waals surface area contributed by atoms with Crippen molar-refractivity contribution < 1.29 is 47.7 Å². The lowest BCUT2D eigenvalue weighted by Gasteiger charge is -2.35. The van der Waals surface area contributed by atoms with E-state index in [1.807, 2.05) is 25.1 Å². The summed E-state index contributed by atoms with van der Waals surface area (Å²) in [6, 6.07) is 9.16. The Bertz CT molecular complexity index is 2770. The number of carbonyl (C=O) groups is 3. The molecule has 1 aliphatic heterocycles. The fourth-order valence-electron chi connectivity index (χ4n) is 8.83. The van der Waals surface area contributed by atoms with Gasteiger partial charge >= 0.3 is 5.00 Å². The van der Waals surface area contributed by atoms with Gasteiger partial charge in [-0.2, -0.15) is 4.98 Å². The molecule has 410 valence electrons. The van der Waals surface area contributed by atoms with Gasteiger partial charge in [0.15, 0.2) is 10.9 Å². The highest BCUT2D eigenvalue weighted by Crippen LogP contribution is 2.32. The number of benzene rings is 1. The number of Topliss-reactive ketones (excluding diaryl/α,β-unsaturated/α-hetero) is 1. The van der Waals surface area contributed by atoms with Crippen LogP contribution in [-0.4, -0.2) is 177 Å². The molecular formula is C51H68N12O12S. The van der Waals surface area contributed by atoms with Crippen LogP contribution in [0.15, 0.2) is 53.7 Å². The zero-order valence-electron chi connectivity index (χ0n) is 43.3. The highest BCUT2D eigenvalue weighted by Gasteiger charge is 2.26. The summed E-state index contributed by atoms with van der Waals surface area (Å²) < 4.78 is 35.1. The molecule has 25 heteroatoms. The van der Waals surface area contributed by atoms with E-state index in [1.165, 1.54) is 6.92 Å². The summed E-state index contributed by atoms with van der Waals surface area (Å²) in [5.41, 5.74) is 4.02. The average molecular weight is 1070 g/mol. The Hall–Kier alpha value is -6.58. The molecule has 1 aliphatic carbocycles. The number of anilines is 5. The van der Waals surface area contributed by atoms with Crippen LogP contribution < -0.4 is 31.7 Å². The van der Waals surface area contributed by atoms with Gasteiger partial charge in [-0.3, -0.25) is 44.1 Å². The van der Waals surface area contributed by atoms with Gasteiger partial charge in [0.05, 0.1) is 108 Å². The number of ether oxygens (including phenoxy) is 6. The first-order valence-electron chi connectivity index (χ1n) is 25.6. The number of piperazine rings is 1. The van der Waals surface area contributed by atoms with Crippen molar-refractivity contribution >= 4 is 73.2 Å². The number of carbonyl (C=O) groups excluding carboxylic acids is 3. The summed E-state index contributed by atoms with van der Waals surface area (Å²) in [5.74, 6) is 0.189. The maximum absolute atomic E-state index is 13.6. The molecule has 76 heavy (non-hydrogen) atoms. The molecule has 0 atom stereocenters. The number of nitrogens with one attached hydrogen (secondary N) is 4. The Morgan fingerprint density at radius 1 is 0.776 bits per heavy atom. The number of aryl methyl sites for hydroxylation is 2. The standard InChI is InChI=1S/C51H68N12O12S/c1-35-30-38(8-10-41(35)48(66)59-51-56-33-45(76-51)63(68)69)52-12-18-70-20-22-72-24-26-74-28-29-75-27-25-73-23-21-71-19-13-53-44(65)34-60-14-16-61(17-15-60)40-9-11-43(54-31-40)57-50-55-32-42-36(2)46(37(3)64)49(67)62(47(42)58-50)39-6-4-5-7-39/h8-11,30-33,39,52H,4-7,12-29,34H2,1-3H3,(H,53,65)(H,56,59,66)(H,54,55,57,58). The normalized spacial score (nSPS) is 14.1. The van der Waals surface area contributed by atoms with Gasteiger partial charge in [0.1, 0.15) is 17.7 Å². The zero-order chi connectivity index (χ0) is 53.7. The maximum atomic E-state index is 13.6. The summed E-state index contributed by atoms with van der Waals surface area (Å²) in [6.45, 7) is 14.4. The molecule has 0 radical (unpaired) electrons. The number of amides is 2. The number of hydrogen-bond donors (Lipinski definition) is 4. The lowest BCUT2D eigenvalue weighted by atomic mass is 10.0. The molecule has 4 N–H and O–H groups in total. The Kier molecular flexibility index (Phi) is 22.3. The molecule has 24 nitrogen and oxygen atoms in total. The van der Waals surface area contributed by atoms with Crippen LogP contribution in [0.3, 0.4) is 0 Å². The summed E-state index contributed by atoms with van der Waals surface area (Å²) in [7, 11) is 0. The fraction of sp³-hybridized carbons (Fsp3) is 0.529. The quantitative estimate of drug-likeness (QED) is 0.0192. The van der Waals surface area contributed by atoms with Crippen LogP contribution >= 0.6 is 11.3 Å². The van der Waals surface area contributed by atoms with Crippen molar-refractivity contribution in [2.45, 2.75) is 52.5 Å². The molecule has 0 spiro atoms. The van der Waals surface area contributed by atoms with Gasteiger partial charge in [-0.25, -0.2) is 15.0 Å². The fourth-order valence-corrected chi connectivity index (χ4v) is 9.45. The minimum Gasteiger partial charge on any atom is -0.383 e. The van der Waals surface area contributed by atoms with Gasteiger partial charge in [0.25, 0.3) is 11.5 Å². The van der Waals surface area contributed by atoms with Crippen LogP contribution in [-0.2, 0) is 33.2 Å². The zero-order valence-corrected chi connectivity index (χ0v) is 44.2. The SMILES string of the molecule is CC(=O)c1c(C)c2cnc(Nc3ccc(N4CCN(CC(=O)NCCOCCOCCOCCOCCOCCOCCNc5ccc(C(=O)Nc6ncc([N+](=O)[O-])s6)c(C)c5)CC4)cn3)nc2n(C2CCCC2)c1=O. The van der Waals surface area contributed by atoms with E-state index < -0.39 is 10.8 Å². The molecule has 5 heterocycles. The Labute approximate surface area is 444 Å². The summed E-state index contributed by atoms with van der Waals surface area (Å²) in [5, 5.41) is 23.5. The van der Waals surface area contributed by atoms with Crippen LogP contribution in [0.2, 0.25) is 0 Å². The topological polar surface area (TPSA) is 278 Å². The molecule has 1 saturated heterocycles. The highest BCUT2D eigenvalue weighted by molar-refractivity contribution is 7.18. The number of aromatic nitrogens is 5. The molecule has 2 amide bonds. The average Bonchev–Trinajstić information content (AvgIpc) is 4.12. The predicted molar refractivity (Wildman–Crippen MR) is 287 cm³/mol. The molecule has 2 aliphatic rings. The highest BCUT2D eigenvalue weighted by atomic mass is 32.1. The van der Waals surface area contributed by atoms with Crippen molar-refractivity contribution in [2.75, 3.05) is 146 Å². The summed E-state index contributed by atoms with van der Waals surface area (Å²) in [4.78, 5) is 83.7. The largest absolute Gasteiger partial charge is 0.383 e. The van der Waals surface area contributed by atoms with Crippen molar-refractivity contribution in [1.82, 2.24) is 34.7 Å². The van der Waals surface area contributed by atoms with E-state index in [1.54, 1.807) is 36.0 Å². The van der Waals surface area contributed by atoms with Gasteiger partial charge < -0.3 is 49.3 Å². The molecule has 0 bridgehead atoms. The number of thiazole rings is 1. The molecular weight excluding hydrogens is 1000 g/mol. The first-order chi connectivity index (χ1) is 36.9. The number of nitrogens with zero attached hydrogens (tertiary/aromatic N) is 8. The lowest BCUT2D eigenvalue weighted by Crippen LogP contribution is -2.49. The second-order valence-corrected chi connectivity index (χ2v) is 19.1. The van der Waals surface area contributed by atoms with Gasteiger partial charge in [-0.1, -0.05) is 12.8 Å². The third-order valence-electron chi connectivity index (χ3n) is 12.7. The van der Waals surface area contributed by atoms with Gasteiger partial charge in [-0.05, 0) is 86.4 Å². The van der Waals surface area contributed by atoms with Crippen LogP contribution in [0.4, 0.5) is 33.3 Å². The van der Waals surface area contributed by atoms with Gasteiger partial charge in [-0.15, -0.1) is 0 Å². The first-order valence-corrected chi connectivity index (χ1v) is 26.4. The van der Waals surface area contributed by atoms with Crippen molar-refractivity contribution in [1.29, 1.82) is 0 Å². The van der Waals surface area contributed by atoms with Crippen molar-refractivity contribution in [3.63, 3.8) is 0 Å². The predicted octanol–water partition coefficient (Wildman–Crippen LogP) is 4.93. The molecule has 5 aromatic rings. The minimum absolute atomic E-state index is 0.00570. The van der Waals surface area contributed by atoms with E-state index in [0.717, 1.165) is 86.3 Å². The van der Waals surface area contributed by atoms with Gasteiger partial charge in [0.2, 0.25) is 11.9 Å². The minimum atomic E-state index is -0.551. The molecule has 1 aromatic carbocycles. The van der Waals surface area contributed by atoms with Crippen LogP contribution in [0, 0.1) is 24.0 Å². The Balaban J connectivity index is 0.635. The van der Waals surface area contributed by atoms with E-state index in [9.17, 15) is 29.3 Å². The van der Waals surface area contributed by atoms with Crippen molar-refractivity contribution in [3.05, 3.63) is 91.6 Å². The van der Waals surface area contributed by atoms with Gasteiger partial charge in [0, 0.05) is 68.1 Å². The number of ketones is 1. The molecule has 0 unspecified atom stereocenters. The smallest absolute Gasteiger partial charge is 0.345 e. The number of nitro groups is 1. The number of rotatable bonds is 32. The second kappa shape index (κ2) is 29.6. The van der Waals surface area contributed by atoms with Crippen LogP contribution in [0.1, 0.15) is 70.5 Å². The maximum Gasteiger partial charge on any atom is 0.345 e. The summed E-state index contributed by atoms with van der Waals surface area (Å²) in [6.07, 6.45) is 8.38. The van der Waals surface area contributed by atoms with E-state index in [4.69, 9.17) is 33.4 Å². The second-order valence-electron chi connectivity index (χ2n) is 18.1. The third kappa shape index (κ3) is 17.0. The number of fused-ring (bicyclic) bond motifs is 1. The summed E-state index contributed by atoms with van der Waals surface area (Å²) >= 11 is 0.798. The molecule has 4 aromatic heterocycles. The van der Waals surface area contributed by atoms with Crippen molar-refractivity contribution in [3.8, 4) is 0 Å². The van der Waals surface area contributed by atoms with E-state index in [-0.39, 0.29) is 39.0 Å². The van der Waals surface area contributed by atoms with E-state index >= 15 is 0 Å².